The first-order valence-corrected chi connectivity index (χ1v) is 12.0. The van der Waals surface area contributed by atoms with Gasteiger partial charge in [-0.2, -0.15) is 4.99 Å². The SMILES string of the molecule is COc1cccc(OC2=CC(=O)N(C(CC3CCCC3)C(=O)N=C(N)/C=C\NCCCN)C2)c1O. The zero-order valence-corrected chi connectivity index (χ0v) is 20.1. The maximum atomic E-state index is 13.2. The van der Waals surface area contributed by atoms with E-state index in [0.29, 0.717) is 31.2 Å². The van der Waals surface area contributed by atoms with Crippen molar-refractivity contribution in [3.05, 3.63) is 42.3 Å². The van der Waals surface area contributed by atoms with Crippen LogP contribution in [0.2, 0.25) is 0 Å². The van der Waals surface area contributed by atoms with Gasteiger partial charge in [0.15, 0.2) is 11.5 Å². The number of rotatable bonds is 12. The summed E-state index contributed by atoms with van der Waals surface area (Å²) in [6.45, 7) is 1.36. The van der Waals surface area contributed by atoms with Crippen LogP contribution in [0.4, 0.5) is 0 Å². The van der Waals surface area contributed by atoms with Crippen molar-refractivity contribution in [2.45, 2.75) is 44.6 Å². The normalized spacial score (nSPS) is 17.7. The van der Waals surface area contributed by atoms with E-state index in [2.05, 4.69) is 10.3 Å². The van der Waals surface area contributed by atoms with Crippen LogP contribution in [0.5, 0.6) is 17.2 Å². The summed E-state index contributed by atoms with van der Waals surface area (Å²) in [5.41, 5.74) is 11.4. The van der Waals surface area contributed by atoms with Crippen LogP contribution in [-0.4, -0.2) is 60.4 Å². The van der Waals surface area contributed by atoms with Crippen LogP contribution >= 0.6 is 0 Å². The van der Waals surface area contributed by atoms with Crippen molar-refractivity contribution < 1.29 is 24.2 Å². The van der Waals surface area contributed by atoms with E-state index < -0.39 is 11.9 Å². The molecule has 6 N–H and O–H groups in total. The molecule has 3 rings (SSSR count). The van der Waals surface area contributed by atoms with Crippen molar-refractivity contribution in [2.75, 3.05) is 26.7 Å². The summed E-state index contributed by atoms with van der Waals surface area (Å²) in [6.07, 6.45) is 10.1. The number of carbonyl (C=O) groups is 2. The van der Waals surface area contributed by atoms with Gasteiger partial charge in [0, 0.05) is 18.8 Å². The number of phenols is 1. The average Bonchev–Trinajstić information content (AvgIpc) is 3.48. The quantitative estimate of drug-likeness (QED) is 0.199. The van der Waals surface area contributed by atoms with Crippen LogP contribution in [0.15, 0.2) is 47.3 Å². The number of aromatic hydroxyl groups is 1. The Morgan fingerprint density at radius 3 is 2.80 bits per heavy atom. The van der Waals surface area contributed by atoms with Gasteiger partial charge in [-0.05, 0) is 43.5 Å². The molecule has 1 fully saturated rings. The largest absolute Gasteiger partial charge is 0.502 e. The van der Waals surface area contributed by atoms with Crippen LogP contribution in [-0.2, 0) is 9.59 Å². The molecule has 2 amide bonds. The lowest BCUT2D eigenvalue weighted by atomic mass is 9.97. The van der Waals surface area contributed by atoms with Crippen molar-refractivity contribution >= 4 is 17.6 Å². The molecule has 10 heteroatoms. The number of hydrogen-bond acceptors (Lipinski definition) is 7. The summed E-state index contributed by atoms with van der Waals surface area (Å²) in [5.74, 6) is 0.179. The van der Waals surface area contributed by atoms with Gasteiger partial charge in [-0.1, -0.05) is 31.7 Å². The minimum atomic E-state index is -0.751. The number of hydrogen-bond donors (Lipinski definition) is 4. The van der Waals surface area contributed by atoms with Gasteiger partial charge in [0.25, 0.3) is 11.8 Å². The summed E-state index contributed by atoms with van der Waals surface area (Å²) in [7, 11) is 1.44. The van der Waals surface area contributed by atoms with Gasteiger partial charge < -0.3 is 36.3 Å². The number of para-hydroxylation sites is 1. The summed E-state index contributed by atoms with van der Waals surface area (Å²) < 4.78 is 10.9. The van der Waals surface area contributed by atoms with E-state index in [4.69, 9.17) is 20.9 Å². The highest BCUT2D eigenvalue weighted by Gasteiger charge is 2.36. The van der Waals surface area contributed by atoms with Crippen LogP contribution in [0.3, 0.4) is 0 Å². The fourth-order valence-corrected chi connectivity index (χ4v) is 4.32. The highest BCUT2D eigenvalue weighted by molar-refractivity contribution is 6.03. The van der Waals surface area contributed by atoms with Crippen molar-refractivity contribution in [1.82, 2.24) is 10.2 Å². The average molecular weight is 486 g/mol. The molecule has 35 heavy (non-hydrogen) atoms. The highest BCUT2D eigenvalue weighted by Crippen LogP contribution is 2.37. The van der Waals surface area contributed by atoms with E-state index in [9.17, 15) is 14.7 Å². The Balaban J connectivity index is 1.71. The predicted octanol–water partition coefficient (Wildman–Crippen LogP) is 1.79. The second-order valence-corrected chi connectivity index (χ2v) is 8.69. The monoisotopic (exact) mass is 485 g/mol. The molecule has 0 radical (unpaired) electrons. The van der Waals surface area contributed by atoms with E-state index in [1.165, 1.54) is 24.2 Å². The first-order chi connectivity index (χ1) is 16.9. The molecule has 2 aliphatic rings. The van der Waals surface area contributed by atoms with Gasteiger partial charge in [-0.3, -0.25) is 9.59 Å². The number of aliphatic imine (C=N–C) groups is 1. The minimum Gasteiger partial charge on any atom is -0.502 e. The van der Waals surface area contributed by atoms with Gasteiger partial charge in [-0.25, -0.2) is 0 Å². The Kier molecular flexibility index (Phi) is 9.54. The topological polar surface area (TPSA) is 152 Å². The zero-order chi connectivity index (χ0) is 25.2. The van der Waals surface area contributed by atoms with Crippen LogP contribution < -0.4 is 26.3 Å². The molecule has 1 saturated carbocycles. The second-order valence-electron chi connectivity index (χ2n) is 8.69. The molecule has 1 aliphatic heterocycles. The Morgan fingerprint density at radius 2 is 2.09 bits per heavy atom. The van der Waals surface area contributed by atoms with Crippen LogP contribution in [0.1, 0.15) is 38.5 Å². The van der Waals surface area contributed by atoms with Crippen LogP contribution in [0, 0.1) is 5.92 Å². The van der Waals surface area contributed by atoms with Gasteiger partial charge in [0.1, 0.15) is 17.6 Å². The number of methoxy groups -OCH3 is 1. The number of phenolic OH excluding ortho intramolecular Hbond substituents is 1. The molecular weight excluding hydrogens is 450 g/mol. The summed E-state index contributed by atoms with van der Waals surface area (Å²) in [6, 6.07) is 4.10. The summed E-state index contributed by atoms with van der Waals surface area (Å²) in [5, 5.41) is 13.3. The van der Waals surface area contributed by atoms with Gasteiger partial charge >= 0.3 is 0 Å². The molecule has 190 valence electrons. The van der Waals surface area contributed by atoms with Crippen molar-refractivity contribution in [3.63, 3.8) is 0 Å². The van der Waals surface area contributed by atoms with Gasteiger partial charge in [0.2, 0.25) is 5.75 Å². The fourth-order valence-electron chi connectivity index (χ4n) is 4.32. The third-order valence-electron chi connectivity index (χ3n) is 6.15. The lowest BCUT2D eigenvalue weighted by Crippen LogP contribution is -2.43. The number of carbonyl (C=O) groups excluding carboxylic acids is 2. The fraction of sp³-hybridized carbons (Fsp3) is 0.480. The number of nitrogens with two attached hydrogens (primary N) is 2. The third kappa shape index (κ3) is 7.22. The highest BCUT2D eigenvalue weighted by atomic mass is 16.5. The molecule has 0 spiro atoms. The van der Waals surface area contributed by atoms with Gasteiger partial charge in [-0.15, -0.1) is 0 Å². The molecule has 1 aliphatic carbocycles. The number of nitrogens with zero attached hydrogens (tertiary/aromatic N) is 2. The minimum absolute atomic E-state index is 0.0593. The smallest absolute Gasteiger partial charge is 0.270 e. The number of ether oxygens (including phenoxy) is 2. The first kappa shape index (κ1) is 26.1. The molecule has 0 aromatic heterocycles. The van der Waals surface area contributed by atoms with E-state index in [1.54, 1.807) is 24.4 Å². The number of amidine groups is 1. The van der Waals surface area contributed by atoms with E-state index in [-0.39, 0.29) is 35.5 Å². The van der Waals surface area contributed by atoms with E-state index in [0.717, 1.165) is 32.1 Å². The summed E-state index contributed by atoms with van der Waals surface area (Å²) in [4.78, 5) is 31.6. The van der Waals surface area contributed by atoms with E-state index >= 15 is 0 Å². The number of benzene rings is 1. The maximum Gasteiger partial charge on any atom is 0.270 e. The lowest BCUT2D eigenvalue weighted by molar-refractivity contribution is -0.134. The van der Waals surface area contributed by atoms with Crippen molar-refractivity contribution in [3.8, 4) is 17.2 Å². The van der Waals surface area contributed by atoms with Gasteiger partial charge in [0.05, 0.1) is 13.7 Å². The van der Waals surface area contributed by atoms with Crippen molar-refractivity contribution in [2.24, 2.45) is 22.4 Å². The standard InChI is InChI=1S/C25H35N5O5/c1-34-20-8-4-9-21(24(20)32)35-18-15-23(31)30(16-18)19(14-17-6-2-3-7-17)25(33)29-22(27)10-13-28-12-5-11-26/h4,8-10,13,15,17,19,28,32H,2-3,5-7,11-12,14,16,26H2,1H3,(H2,27,29,33)/b13-10-. The molecule has 0 saturated heterocycles. The number of nitrogens with one attached hydrogen (secondary N) is 1. The molecule has 10 nitrogen and oxygen atoms in total. The molecule has 1 aromatic carbocycles. The molecule has 1 unspecified atom stereocenters. The molecule has 1 heterocycles. The molecule has 1 atom stereocenters. The Bertz CT molecular complexity index is 984. The second kappa shape index (κ2) is 12.8. The summed E-state index contributed by atoms with van der Waals surface area (Å²) >= 11 is 0. The Morgan fingerprint density at radius 1 is 1.34 bits per heavy atom. The number of amides is 2. The first-order valence-electron chi connectivity index (χ1n) is 12.0. The molecule has 0 bridgehead atoms. The third-order valence-corrected chi connectivity index (χ3v) is 6.15. The Hall–Kier alpha value is -3.53. The Labute approximate surface area is 205 Å². The predicted molar refractivity (Wildman–Crippen MR) is 133 cm³/mol. The lowest BCUT2D eigenvalue weighted by Gasteiger charge is -2.27. The molecule has 1 aromatic rings. The zero-order valence-electron chi connectivity index (χ0n) is 20.1. The van der Waals surface area contributed by atoms with Crippen LogP contribution in [0.25, 0.3) is 0 Å². The molecular formula is C25H35N5O5. The van der Waals surface area contributed by atoms with Crippen molar-refractivity contribution in [1.29, 1.82) is 0 Å². The van der Waals surface area contributed by atoms with E-state index in [1.807, 2.05) is 0 Å². The maximum absolute atomic E-state index is 13.2.